The number of hydrogen-bond donors (Lipinski definition) is 1. The van der Waals surface area contributed by atoms with Crippen LogP contribution in [0.1, 0.15) is 50.3 Å². The van der Waals surface area contributed by atoms with Crippen LogP contribution in [0.4, 0.5) is 6.01 Å². The first-order chi connectivity index (χ1) is 11.7. The zero-order valence-electron chi connectivity index (χ0n) is 13.3. The number of nitrogens with one attached hydrogen (secondary N) is 1. The predicted octanol–water partition coefficient (Wildman–Crippen LogP) is 4.89. The van der Waals surface area contributed by atoms with Crippen LogP contribution in [0, 0.1) is 0 Å². The number of amides is 1. The van der Waals surface area contributed by atoms with Gasteiger partial charge in [0.2, 0.25) is 11.8 Å². The molecule has 0 unspecified atom stereocenters. The number of benzene rings is 1. The first kappa shape index (κ1) is 17.3. The van der Waals surface area contributed by atoms with Gasteiger partial charge in [-0.15, -0.1) is 16.9 Å². The Morgan fingerprint density at radius 3 is 2.71 bits per heavy atom. The normalized spacial score (nSPS) is 15.4. The highest BCUT2D eigenvalue weighted by molar-refractivity contribution is 7.99. The summed E-state index contributed by atoms with van der Waals surface area (Å²) in [6.07, 6.45) is 6.25. The van der Waals surface area contributed by atoms with Gasteiger partial charge >= 0.3 is 6.01 Å². The smallest absolute Gasteiger partial charge is 0.322 e. The number of carbonyl (C=O) groups is 1. The minimum atomic E-state index is -0.115. The molecular weight excluding hydrogens is 346 g/mol. The molecule has 0 aliphatic heterocycles. The van der Waals surface area contributed by atoms with Crippen LogP contribution >= 0.6 is 23.4 Å². The van der Waals surface area contributed by atoms with Gasteiger partial charge in [-0.25, -0.2) is 0 Å². The molecule has 24 heavy (non-hydrogen) atoms. The number of anilines is 1. The Labute approximate surface area is 150 Å². The lowest BCUT2D eigenvalue weighted by Crippen LogP contribution is -2.12. The summed E-state index contributed by atoms with van der Waals surface area (Å²) in [5, 5.41) is 11.4. The van der Waals surface area contributed by atoms with Crippen molar-refractivity contribution in [1.29, 1.82) is 0 Å². The van der Waals surface area contributed by atoms with Crippen LogP contribution in [0.5, 0.6) is 0 Å². The van der Waals surface area contributed by atoms with Crippen LogP contribution < -0.4 is 5.32 Å². The van der Waals surface area contributed by atoms with Crippen molar-refractivity contribution in [2.24, 2.45) is 0 Å². The fraction of sp³-hybridized carbons (Fsp3) is 0.471. The van der Waals surface area contributed by atoms with Crippen LogP contribution in [-0.2, 0) is 4.79 Å². The molecule has 2 aromatic rings. The van der Waals surface area contributed by atoms with E-state index in [1.807, 2.05) is 24.3 Å². The van der Waals surface area contributed by atoms with Crippen LogP contribution in [0.15, 0.2) is 33.6 Å². The zero-order valence-corrected chi connectivity index (χ0v) is 14.9. The molecule has 3 rings (SSSR count). The second-order valence-corrected chi connectivity index (χ2v) is 7.49. The monoisotopic (exact) mass is 365 g/mol. The Hall–Kier alpha value is -1.53. The molecular formula is C17H20ClN3O2S. The van der Waals surface area contributed by atoms with E-state index in [4.69, 9.17) is 16.0 Å². The summed E-state index contributed by atoms with van der Waals surface area (Å²) in [6, 6.07) is 7.78. The summed E-state index contributed by atoms with van der Waals surface area (Å²) in [6.45, 7) is 0. The lowest BCUT2D eigenvalue weighted by molar-refractivity contribution is -0.115. The maximum absolute atomic E-state index is 12.0. The molecule has 0 radical (unpaired) electrons. The molecule has 0 saturated heterocycles. The molecule has 1 amide bonds. The summed E-state index contributed by atoms with van der Waals surface area (Å²) in [4.78, 5) is 13.1. The number of halogens is 1. The Kier molecular flexibility index (Phi) is 6.15. The molecule has 0 spiro atoms. The van der Waals surface area contributed by atoms with Crippen molar-refractivity contribution in [3.63, 3.8) is 0 Å². The molecule has 128 valence electrons. The molecule has 0 bridgehead atoms. The van der Waals surface area contributed by atoms with E-state index in [1.54, 1.807) is 11.8 Å². The molecule has 5 nitrogen and oxygen atoms in total. The van der Waals surface area contributed by atoms with Crippen molar-refractivity contribution < 1.29 is 9.21 Å². The van der Waals surface area contributed by atoms with Crippen LogP contribution in [0.25, 0.3) is 0 Å². The highest BCUT2D eigenvalue weighted by Crippen LogP contribution is 2.32. The van der Waals surface area contributed by atoms with Crippen LogP contribution in [0.3, 0.4) is 0 Å². The maximum Gasteiger partial charge on any atom is 0.322 e. The Morgan fingerprint density at radius 1 is 1.21 bits per heavy atom. The van der Waals surface area contributed by atoms with Gasteiger partial charge in [0, 0.05) is 28.0 Å². The third kappa shape index (κ3) is 4.98. The molecule has 0 atom stereocenters. The van der Waals surface area contributed by atoms with Crippen molar-refractivity contribution in [1.82, 2.24) is 10.2 Å². The number of thioether (sulfide) groups is 1. The van der Waals surface area contributed by atoms with Gasteiger partial charge in [0.25, 0.3) is 0 Å². The van der Waals surface area contributed by atoms with Crippen LogP contribution in [0.2, 0.25) is 5.02 Å². The number of hydrogen-bond acceptors (Lipinski definition) is 5. The summed E-state index contributed by atoms with van der Waals surface area (Å²) < 4.78 is 5.60. The summed E-state index contributed by atoms with van der Waals surface area (Å²) in [7, 11) is 0. The zero-order chi connectivity index (χ0) is 16.8. The average Bonchev–Trinajstić information content (AvgIpc) is 3.06. The number of aromatic nitrogens is 2. The van der Waals surface area contributed by atoms with Crippen molar-refractivity contribution >= 4 is 35.3 Å². The molecule has 7 heteroatoms. The first-order valence-electron chi connectivity index (χ1n) is 8.22. The molecule has 1 aromatic heterocycles. The summed E-state index contributed by atoms with van der Waals surface area (Å²) >= 11 is 7.46. The van der Waals surface area contributed by atoms with Crippen molar-refractivity contribution in [2.45, 2.75) is 49.3 Å². The van der Waals surface area contributed by atoms with Gasteiger partial charge in [-0.3, -0.25) is 10.1 Å². The average molecular weight is 366 g/mol. The summed E-state index contributed by atoms with van der Waals surface area (Å²) in [5.74, 6) is 1.56. The number of rotatable bonds is 6. The van der Waals surface area contributed by atoms with Crippen molar-refractivity contribution in [3.05, 3.63) is 35.2 Å². The fourth-order valence-electron chi connectivity index (χ4n) is 2.77. The van der Waals surface area contributed by atoms with Gasteiger partial charge in [0.15, 0.2) is 0 Å². The Morgan fingerprint density at radius 2 is 1.96 bits per heavy atom. The van der Waals surface area contributed by atoms with Crippen LogP contribution in [-0.4, -0.2) is 21.9 Å². The Balaban J connectivity index is 1.43. The van der Waals surface area contributed by atoms with Gasteiger partial charge in [0.1, 0.15) is 0 Å². The molecule has 1 aliphatic rings. The number of nitrogens with zero attached hydrogens (tertiary/aromatic N) is 2. The SMILES string of the molecule is O=C(CCSc1ccc(Cl)cc1)Nc1nnc(C2CCCCC2)o1. The quantitative estimate of drug-likeness (QED) is 0.738. The largest absolute Gasteiger partial charge is 0.408 e. The van der Waals surface area contributed by atoms with Gasteiger partial charge in [-0.1, -0.05) is 36.0 Å². The highest BCUT2D eigenvalue weighted by atomic mass is 35.5. The van der Waals surface area contributed by atoms with E-state index < -0.39 is 0 Å². The number of carbonyl (C=O) groups excluding carboxylic acids is 1. The van der Waals surface area contributed by atoms with E-state index in [1.165, 1.54) is 19.3 Å². The maximum atomic E-state index is 12.0. The minimum Gasteiger partial charge on any atom is -0.408 e. The molecule has 1 fully saturated rings. The summed E-state index contributed by atoms with van der Waals surface area (Å²) in [5.41, 5.74) is 0. The van der Waals surface area contributed by atoms with Gasteiger partial charge in [-0.2, -0.15) is 0 Å². The second kappa shape index (κ2) is 8.53. The lowest BCUT2D eigenvalue weighted by Gasteiger charge is -2.17. The Bertz CT molecular complexity index is 669. The second-order valence-electron chi connectivity index (χ2n) is 5.88. The van der Waals surface area contributed by atoms with E-state index in [-0.39, 0.29) is 11.9 Å². The van der Waals surface area contributed by atoms with E-state index >= 15 is 0 Å². The molecule has 1 aliphatic carbocycles. The van der Waals surface area contributed by atoms with Gasteiger partial charge in [0.05, 0.1) is 0 Å². The molecule has 1 N–H and O–H groups in total. The standard InChI is InChI=1S/C17H20ClN3O2S/c18-13-6-8-14(9-7-13)24-11-10-15(22)19-17-21-20-16(23-17)12-4-2-1-3-5-12/h6-9,12H,1-5,10-11H2,(H,19,21,22). The molecule has 1 heterocycles. The van der Waals surface area contributed by atoms with Crippen molar-refractivity contribution in [3.8, 4) is 0 Å². The minimum absolute atomic E-state index is 0.115. The van der Waals surface area contributed by atoms with Gasteiger partial charge in [-0.05, 0) is 37.1 Å². The molecule has 1 aromatic carbocycles. The lowest BCUT2D eigenvalue weighted by atomic mass is 9.89. The van der Waals surface area contributed by atoms with E-state index in [9.17, 15) is 4.79 Å². The molecule has 1 saturated carbocycles. The third-order valence-corrected chi connectivity index (χ3v) is 5.32. The topological polar surface area (TPSA) is 68.0 Å². The van der Waals surface area contributed by atoms with Crippen molar-refractivity contribution in [2.75, 3.05) is 11.1 Å². The fourth-order valence-corrected chi connectivity index (χ4v) is 3.75. The predicted molar refractivity (Wildman–Crippen MR) is 95.5 cm³/mol. The first-order valence-corrected chi connectivity index (χ1v) is 9.59. The third-order valence-electron chi connectivity index (χ3n) is 4.05. The van der Waals surface area contributed by atoms with E-state index in [2.05, 4.69) is 15.5 Å². The van der Waals surface area contributed by atoms with E-state index in [0.29, 0.717) is 29.0 Å². The highest BCUT2D eigenvalue weighted by Gasteiger charge is 2.21. The van der Waals surface area contributed by atoms with E-state index in [0.717, 1.165) is 17.7 Å². The van der Waals surface area contributed by atoms with Gasteiger partial charge < -0.3 is 4.42 Å².